The van der Waals surface area contributed by atoms with E-state index < -0.39 is 6.10 Å². The molecule has 0 bridgehead atoms. The van der Waals surface area contributed by atoms with E-state index in [1.54, 1.807) is 19.1 Å². The average Bonchev–Trinajstić information content (AvgIpc) is 2.20. The van der Waals surface area contributed by atoms with Crippen molar-refractivity contribution in [1.29, 1.82) is 0 Å². The van der Waals surface area contributed by atoms with Gasteiger partial charge in [0.1, 0.15) is 0 Å². The number of nitrogens with one attached hydrogen (secondary N) is 1. The van der Waals surface area contributed by atoms with E-state index in [1.807, 2.05) is 6.92 Å². The zero-order valence-electron chi connectivity index (χ0n) is 9.71. The van der Waals surface area contributed by atoms with Gasteiger partial charge in [0, 0.05) is 11.6 Å². The lowest BCUT2D eigenvalue weighted by atomic mass is 10.1. The SMILES string of the molecule is CC(O)CC(C)NC(=O)c1ccc(Cl)c(Cl)c1. The highest BCUT2D eigenvalue weighted by atomic mass is 35.5. The van der Waals surface area contributed by atoms with Gasteiger partial charge in [-0.05, 0) is 38.5 Å². The summed E-state index contributed by atoms with van der Waals surface area (Å²) in [5.41, 5.74) is 0.455. The number of aliphatic hydroxyl groups excluding tert-OH is 1. The molecule has 0 radical (unpaired) electrons. The van der Waals surface area contributed by atoms with Gasteiger partial charge in [0.2, 0.25) is 0 Å². The van der Waals surface area contributed by atoms with E-state index in [1.165, 1.54) is 6.07 Å². The molecule has 1 rings (SSSR count). The van der Waals surface area contributed by atoms with Crippen LogP contribution in [-0.2, 0) is 0 Å². The molecule has 0 saturated carbocycles. The molecule has 3 nitrogen and oxygen atoms in total. The molecule has 0 heterocycles. The highest BCUT2D eigenvalue weighted by Crippen LogP contribution is 2.22. The summed E-state index contributed by atoms with van der Waals surface area (Å²) in [6, 6.07) is 4.61. The van der Waals surface area contributed by atoms with E-state index in [-0.39, 0.29) is 11.9 Å². The fraction of sp³-hybridized carbons (Fsp3) is 0.417. The number of hydrogen-bond donors (Lipinski definition) is 2. The second kappa shape index (κ2) is 6.24. The van der Waals surface area contributed by atoms with Crippen LogP contribution in [0.15, 0.2) is 18.2 Å². The Morgan fingerprint density at radius 2 is 2.00 bits per heavy atom. The summed E-state index contributed by atoms with van der Waals surface area (Å²) >= 11 is 11.6. The smallest absolute Gasteiger partial charge is 0.251 e. The second-order valence-corrected chi connectivity index (χ2v) is 4.90. The molecule has 2 unspecified atom stereocenters. The molecule has 2 atom stereocenters. The van der Waals surface area contributed by atoms with E-state index in [0.29, 0.717) is 22.0 Å². The lowest BCUT2D eigenvalue weighted by Crippen LogP contribution is -2.34. The largest absolute Gasteiger partial charge is 0.393 e. The third kappa shape index (κ3) is 4.54. The maximum Gasteiger partial charge on any atom is 0.251 e. The highest BCUT2D eigenvalue weighted by molar-refractivity contribution is 6.42. The quantitative estimate of drug-likeness (QED) is 0.888. The second-order valence-electron chi connectivity index (χ2n) is 4.09. The first-order valence-electron chi connectivity index (χ1n) is 5.34. The summed E-state index contributed by atoms with van der Waals surface area (Å²) < 4.78 is 0. The van der Waals surface area contributed by atoms with Crippen molar-refractivity contribution < 1.29 is 9.90 Å². The Morgan fingerprint density at radius 3 is 2.53 bits per heavy atom. The molecule has 5 heteroatoms. The van der Waals surface area contributed by atoms with E-state index in [4.69, 9.17) is 23.2 Å². The fourth-order valence-electron chi connectivity index (χ4n) is 1.52. The lowest BCUT2D eigenvalue weighted by molar-refractivity contribution is 0.0923. The Bertz CT molecular complexity index is 407. The molecule has 94 valence electrons. The Hall–Kier alpha value is -0.770. The van der Waals surface area contributed by atoms with Crippen molar-refractivity contribution in [3.63, 3.8) is 0 Å². The summed E-state index contributed by atoms with van der Waals surface area (Å²) in [7, 11) is 0. The van der Waals surface area contributed by atoms with Gasteiger partial charge in [-0.25, -0.2) is 0 Å². The van der Waals surface area contributed by atoms with Crippen molar-refractivity contribution in [2.24, 2.45) is 0 Å². The minimum atomic E-state index is -0.445. The van der Waals surface area contributed by atoms with Crippen LogP contribution in [0.2, 0.25) is 10.0 Å². The number of carbonyl (C=O) groups is 1. The predicted molar refractivity (Wildman–Crippen MR) is 69.7 cm³/mol. The number of amides is 1. The average molecular weight is 276 g/mol. The summed E-state index contributed by atoms with van der Waals surface area (Å²) in [5, 5.41) is 12.7. The molecular weight excluding hydrogens is 261 g/mol. The minimum absolute atomic E-state index is 0.100. The van der Waals surface area contributed by atoms with Gasteiger partial charge < -0.3 is 10.4 Å². The number of carbonyl (C=O) groups excluding carboxylic acids is 1. The first-order chi connectivity index (χ1) is 7.90. The Balaban J connectivity index is 2.66. The first kappa shape index (κ1) is 14.3. The molecular formula is C12H15Cl2NO2. The molecule has 0 fully saturated rings. The van der Waals surface area contributed by atoms with Crippen LogP contribution in [0, 0.1) is 0 Å². The van der Waals surface area contributed by atoms with Crippen LogP contribution in [0.4, 0.5) is 0 Å². The Morgan fingerprint density at radius 1 is 1.35 bits per heavy atom. The van der Waals surface area contributed by atoms with Gasteiger partial charge in [0.15, 0.2) is 0 Å². The number of aliphatic hydroxyl groups is 1. The molecule has 0 spiro atoms. The van der Waals surface area contributed by atoms with Crippen molar-refractivity contribution >= 4 is 29.1 Å². The zero-order valence-corrected chi connectivity index (χ0v) is 11.2. The lowest BCUT2D eigenvalue weighted by Gasteiger charge is -2.15. The van der Waals surface area contributed by atoms with Crippen LogP contribution in [0.1, 0.15) is 30.6 Å². The van der Waals surface area contributed by atoms with E-state index in [0.717, 1.165) is 0 Å². The van der Waals surface area contributed by atoms with Crippen LogP contribution in [0.5, 0.6) is 0 Å². The number of halogens is 2. The number of benzene rings is 1. The third-order valence-corrected chi connectivity index (χ3v) is 2.99. The standard InChI is InChI=1S/C12H15Cl2NO2/c1-7(5-8(2)16)15-12(17)9-3-4-10(13)11(14)6-9/h3-4,6-8,16H,5H2,1-2H3,(H,15,17). The van der Waals surface area contributed by atoms with Gasteiger partial charge in [-0.15, -0.1) is 0 Å². The topological polar surface area (TPSA) is 49.3 Å². The van der Waals surface area contributed by atoms with Crippen molar-refractivity contribution in [3.8, 4) is 0 Å². The Kier molecular flexibility index (Phi) is 5.25. The van der Waals surface area contributed by atoms with Crippen LogP contribution in [0.3, 0.4) is 0 Å². The molecule has 1 aromatic rings. The van der Waals surface area contributed by atoms with Crippen LogP contribution >= 0.6 is 23.2 Å². The van der Waals surface area contributed by atoms with Crippen molar-refractivity contribution in [2.45, 2.75) is 32.4 Å². The molecule has 17 heavy (non-hydrogen) atoms. The van der Waals surface area contributed by atoms with Gasteiger partial charge in [0.25, 0.3) is 5.91 Å². The maximum atomic E-state index is 11.8. The highest BCUT2D eigenvalue weighted by Gasteiger charge is 2.12. The molecule has 1 amide bonds. The Labute approximate surface area is 111 Å². The first-order valence-corrected chi connectivity index (χ1v) is 6.09. The molecule has 1 aromatic carbocycles. The van der Waals surface area contributed by atoms with Crippen LogP contribution < -0.4 is 5.32 Å². The summed E-state index contributed by atoms with van der Waals surface area (Å²) in [4.78, 5) is 11.8. The molecule has 0 aliphatic rings. The third-order valence-electron chi connectivity index (χ3n) is 2.25. The van der Waals surface area contributed by atoms with Crippen molar-refractivity contribution in [1.82, 2.24) is 5.32 Å². The summed E-state index contributed by atoms with van der Waals surface area (Å²) in [5.74, 6) is -0.225. The molecule has 0 aromatic heterocycles. The zero-order chi connectivity index (χ0) is 13.0. The van der Waals surface area contributed by atoms with Gasteiger partial charge in [-0.3, -0.25) is 4.79 Å². The molecule has 0 saturated heterocycles. The summed E-state index contributed by atoms with van der Waals surface area (Å²) in [6.45, 7) is 3.52. The molecule has 0 aliphatic carbocycles. The van der Waals surface area contributed by atoms with E-state index >= 15 is 0 Å². The van der Waals surface area contributed by atoms with Gasteiger partial charge >= 0.3 is 0 Å². The summed E-state index contributed by atoms with van der Waals surface area (Å²) in [6.07, 6.45) is 0.0617. The van der Waals surface area contributed by atoms with Gasteiger partial charge in [0.05, 0.1) is 16.1 Å². The van der Waals surface area contributed by atoms with Crippen LogP contribution in [-0.4, -0.2) is 23.2 Å². The number of rotatable bonds is 4. The minimum Gasteiger partial charge on any atom is -0.393 e. The van der Waals surface area contributed by atoms with Crippen molar-refractivity contribution in [2.75, 3.05) is 0 Å². The molecule has 2 N–H and O–H groups in total. The van der Waals surface area contributed by atoms with E-state index in [2.05, 4.69) is 5.32 Å². The van der Waals surface area contributed by atoms with E-state index in [9.17, 15) is 9.90 Å². The normalized spacial score (nSPS) is 14.2. The van der Waals surface area contributed by atoms with Gasteiger partial charge in [-0.1, -0.05) is 23.2 Å². The van der Waals surface area contributed by atoms with Crippen molar-refractivity contribution in [3.05, 3.63) is 33.8 Å². The molecule has 0 aliphatic heterocycles. The predicted octanol–water partition coefficient (Wildman–Crippen LogP) is 2.88. The van der Waals surface area contributed by atoms with Crippen LogP contribution in [0.25, 0.3) is 0 Å². The fourth-order valence-corrected chi connectivity index (χ4v) is 1.81. The van der Waals surface area contributed by atoms with Gasteiger partial charge in [-0.2, -0.15) is 0 Å². The maximum absolute atomic E-state index is 11.8. The monoisotopic (exact) mass is 275 g/mol. The number of hydrogen-bond acceptors (Lipinski definition) is 2.